The molecule has 2 aromatic rings. The van der Waals surface area contributed by atoms with E-state index in [0.717, 1.165) is 31.8 Å². The molecule has 0 bridgehead atoms. The highest BCUT2D eigenvalue weighted by molar-refractivity contribution is 5.84. The maximum absolute atomic E-state index is 4.44. The fourth-order valence-corrected chi connectivity index (χ4v) is 2.61. The van der Waals surface area contributed by atoms with Gasteiger partial charge in [-0.05, 0) is 23.6 Å². The highest BCUT2D eigenvalue weighted by atomic mass is 15.2. The van der Waals surface area contributed by atoms with Crippen molar-refractivity contribution in [2.45, 2.75) is 19.8 Å². The molecular formula is C14H20N4. The summed E-state index contributed by atoms with van der Waals surface area (Å²) in [5.41, 5.74) is 2.38. The van der Waals surface area contributed by atoms with E-state index in [1.54, 1.807) is 0 Å². The van der Waals surface area contributed by atoms with Gasteiger partial charge in [0.2, 0.25) is 0 Å². The number of rotatable bonds is 2. The minimum atomic E-state index is 0.530. The summed E-state index contributed by atoms with van der Waals surface area (Å²) in [5, 5.41) is 4.64. The number of aromatic nitrogens is 2. The SMILES string of the molecule is CC(C)c1ccnc2[nH]c(N3CCNCC3)cc12. The first kappa shape index (κ1) is 11.5. The summed E-state index contributed by atoms with van der Waals surface area (Å²) in [6.07, 6.45) is 1.90. The van der Waals surface area contributed by atoms with E-state index in [1.807, 2.05) is 6.20 Å². The number of H-pyrrole nitrogens is 1. The lowest BCUT2D eigenvalue weighted by Gasteiger charge is -2.27. The number of anilines is 1. The Kier molecular flexibility index (Phi) is 2.96. The monoisotopic (exact) mass is 244 g/mol. The van der Waals surface area contributed by atoms with Crippen molar-refractivity contribution in [3.05, 3.63) is 23.9 Å². The van der Waals surface area contributed by atoms with E-state index in [-0.39, 0.29) is 0 Å². The molecule has 18 heavy (non-hydrogen) atoms. The van der Waals surface area contributed by atoms with Crippen LogP contribution in [0.3, 0.4) is 0 Å². The summed E-state index contributed by atoms with van der Waals surface area (Å²) in [5.74, 6) is 1.73. The topological polar surface area (TPSA) is 44.0 Å². The summed E-state index contributed by atoms with van der Waals surface area (Å²) in [6, 6.07) is 4.38. The second kappa shape index (κ2) is 4.61. The van der Waals surface area contributed by atoms with Crippen LogP contribution in [0.1, 0.15) is 25.3 Å². The van der Waals surface area contributed by atoms with E-state index < -0.39 is 0 Å². The van der Waals surface area contributed by atoms with Crippen LogP contribution < -0.4 is 10.2 Å². The molecule has 1 aliphatic rings. The number of aromatic amines is 1. The minimum Gasteiger partial charge on any atom is -0.356 e. The normalized spacial score (nSPS) is 16.7. The molecular weight excluding hydrogens is 224 g/mol. The number of hydrogen-bond donors (Lipinski definition) is 2. The van der Waals surface area contributed by atoms with E-state index in [2.05, 4.69) is 46.2 Å². The Labute approximate surface area is 107 Å². The molecule has 2 N–H and O–H groups in total. The Morgan fingerprint density at radius 1 is 1.28 bits per heavy atom. The quantitative estimate of drug-likeness (QED) is 0.850. The summed E-state index contributed by atoms with van der Waals surface area (Å²) >= 11 is 0. The summed E-state index contributed by atoms with van der Waals surface area (Å²) in [7, 11) is 0. The van der Waals surface area contributed by atoms with Crippen molar-refractivity contribution in [3.8, 4) is 0 Å². The molecule has 3 heterocycles. The molecule has 0 spiro atoms. The van der Waals surface area contributed by atoms with Gasteiger partial charge in [0.1, 0.15) is 11.5 Å². The number of hydrogen-bond acceptors (Lipinski definition) is 3. The Morgan fingerprint density at radius 2 is 2.06 bits per heavy atom. The van der Waals surface area contributed by atoms with E-state index in [4.69, 9.17) is 0 Å². The van der Waals surface area contributed by atoms with Crippen molar-refractivity contribution in [3.63, 3.8) is 0 Å². The van der Waals surface area contributed by atoms with Gasteiger partial charge < -0.3 is 15.2 Å². The highest BCUT2D eigenvalue weighted by Crippen LogP contribution is 2.27. The average Bonchev–Trinajstić information content (AvgIpc) is 2.83. The molecule has 96 valence electrons. The average molecular weight is 244 g/mol. The first-order chi connectivity index (χ1) is 8.75. The lowest BCUT2D eigenvalue weighted by atomic mass is 10.0. The molecule has 4 nitrogen and oxygen atoms in total. The molecule has 0 aromatic carbocycles. The molecule has 4 heteroatoms. The van der Waals surface area contributed by atoms with Crippen molar-refractivity contribution in [2.24, 2.45) is 0 Å². The molecule has 0 saturated carbocycles. The van der Waals surface area contributed by atoms with Gasteiger partial charge in [0, 0.05) is 37.8 Å². The summed E-state index contributed by atoms with van der Waals surface area (Å²) < 4.78 is 0. The van der Waals surface area contributed by atoms with Crippen molar-refractivity contribution in [1.29, 1.82) is 0 Å². The summed E-state index contributed by atoms with van der Waals surface area (Å²) in [6.45, 7) is 8.69. The molecule has 1 aliphatic heterocycles. The smallest absolute Gasteiger partial charge is 0.139 e. The first-order valence-electron chi connectivity index (χ1n) is 6.69. The Hall–Kier alpha value is -1.55. The van der Waals surface area contributed by atoms with E-state index in [9.17, 15) is 0 Å². The van der Waals surface area contributed by atoms with E-state index >= 15 is 0 Å². The second-order valence-electron chi connectivity index (χ2n) is 5.21. The van der Waals surface area contributed by atoms with Gasteiger partial charge in [-0.1, -0.05) is 13.8 Å². The maximum atomic E-state index is 4.44. The highest BCUT2D eigenvalue weighted by Gasteiger charge is 2.15. The van der Waals surface area contributed by atoms with Crippen LogP contribution in [0.4, 0.5) is 5.82 Å². The van der Waals surface area contributed by atoms with Gasteiger partial charge in [-0.25, -0.2) is 4.98 Å². The molecule has 3 rings (SSSR count). The number of fused-ring (bicyclic) bond motifs is 1. The van der Waals surface area contributed by atoms with Gasteiger partial charge in [0.05, 0.1) is 0 Å². The molecule has 1 saturated heterocycles. The maximum Gasteiger partial charge on any atom is 0.139 e. The molecule has 2 aromatic heterocycles. The Bertz CT molecular complexity index is 538. The van der Waals surface area contributed by atoms with Crippen LogP contribution in [0.2, 0.25) is 0 Å². The zero-order valence-corrected chi connectivity index (χ0v) is 11.0. The van der Waals surface area contributed by atoms with Crippen molar-refractivity contribution in [1.82, 2.24) is 15.3 Å². The second-order valence-corrected chi connectivity index (χ2v) is 5.21. The molecule has 0 amide bonds. The lowest BCUT2D eigenvalue weighted by molar-refractivity contribution is 0.586. The minimum absolute atomic E-state index is 0.530. The molecule has 0 radical (unpaired) electrons. The Balaban J connectivity index is 2.02. The standard InChI is InChI=1S/C14H20N4/c1-10(2)11-3-4-16-14-12(11)9-13(17-14)18-7-5-15-6-8-18/h3-4,9-10,15H,5-8H2,1-2H3,(H,16,17). The van der Waals surface area contributed by atoms with Crippen molar-refractivity contribution >= 4 is 16.9 Å². The zero-order valence-electron chi connectivity index (χ0n) is 11.0. The van der Waals surface area contributed by atoms with Crippen molar-refractivity contribution in [2.75, 3.05) is 31.1 Å². The van der Waals surface area contributed by atoms with Crippen LogP contribution in [0.5, 0.6) is 0 Å². The van der Waals surface area contributed by atoms with Gasteiger partial charge >= 0.3 is 0 Å². The molecule has 0 unspecified atom stereocenters. The van der Waals surface area contributed by atoms with Crippen LogP contribution in [-0.2, 0) is 0 Å². The van der Waals surface area contributed by atoms with Crippen LogP contribution in [0, 0.1) is 0 Å². The number of pyridine rings is 1. The molecule has 0 atom stereocenters. The van der Waals surface area contributed by atoms with Gasteiger partial charge in [-0.2, -0.15) is 0 Å². The van der Waals surface area contributed by atoms with Crippen molar-refractivity contribution < 1.29 is 0 Å². The molecule has 1 fully saturated rings. The largest absolute Gasteiger partial charge is 0.356 e. The van der Waals surface area contributed by atoms with Crippen LogP contribution in [0.25, 0.3) is 11.0 Å². The van der Waals surface area contributed by atoms with Gasteiger partial charge in [-0.3, -0.25) is 0 Å². The number of nitrogens with one attached hydrogen (secondary N) is 2. The predicted molar refractivity (Wildman–Crippen MR) is 75.3 cm³/mol. The van der Waals surface area contributed by atoms with E-state index in [0.29, 0.717) is 5.92 Å². The van der Waals surface area contributed by atoms with Gasteiger partial charge in [0.25, 0.3) is 0 Å². The fraction of sp³-hybridized carbons (Fsp3) is 0.500. The Morgan fingerprint density at radius 3 is 2.78 bits per heavy atom. The van der Waals surface area contributed by atoms with Gasteiger partial charge in [0.15, 0.2) is 0 Å². The number of piperazine rings is 1. The van der Waals surface area contributed by atoms with Crippen LogP contribution in [-0.4, -0.2) is 36.1 Å². The third-order valence-corrected chi connectivity index (χ3v) is 3.63. The lowest BCUT2D eigenvalue weighted by Crippen LogP contribution is -2.43. The third kappa shape index (κ3) is 1.97. The first-order valence-corrected chi connectivity index (χ1v) is 6.69. The predicted octanol–water partition coefficient (Wildman–Crippen LogP) is 2.10. The zero-order chi connectivity index (χ0) is 12.5. The van der Waals surface area contributed by atoms with Crippen LogP contribution in [0.15, 0.2) is 18.3 Å². The van der Waals surface area contributed by atoms with E-state index in [1.165, 1.54) is 16.8 Å². The van der Waals surface area contributed by atoms with Crippen LogP contribution >= 0.6 is 0 Å². The fourth-order valence-electron chi connectivity index (χ4n) is 2.61. The third-order valence-electron chi connectivity index (χ3n) is 3.63. The molecule has 0 aliphatic carbocycles. The van der Waals surface area contributed by atoms with Gasteiger partial charge in [-0.15, -0.1) is 0 Å². The summed E-state index contributed by atoms with van der Waals surface area (Å²) in [4.78, 5) is 10.3. The number of nitrogens with zero attached hydrogens (tertiary/aromatic N) is 2.